The minimum atomic E-state index is -3.50. The maximum atomic E-state index is 11.7. The summed E-state index contributed by atoms with van der Waals surface area (Å²) >= 11 is 1.39. The number of fused-ring (bicyclic) bond motifs is 1. The molecule has 0 bridgehead atoms. The minimum Gasteiger partial charge on any atom is -0.311 e. The van der Waals surface area contributed by atoms with E-state index in [1.165, 1.54) is 11.3 Å². The maximum absolute atomic E-state index is 11.7. The van der Waals surface area contributed by atoms with Crippen LogP contribution >= 0.6 is 11.3 Å². The molecule has 0 radical (unpaired) electrons. The summed E-state index contributed by atoms with van der Waals surface area (Å²) in [6.45, 7) is 6.00. The number of rotatable bonds is 5. The zero-order valence-corrected chi connectivity index (χ0v) is 12.1. The Hall–Kier alpha value is -0.700. The molecule has 1 aromatic heterocycles. The van der Waals surface area contributed by atoms with E-state index in [1.807, 2.05) is 13.8 Å². The number of thiazole rings is 1. The van der Waals surface area contributed by atoms with E-state index in [9.17, 15) is 8.42 Å². The predicted molar refractivity (Wildman–Crippen MR) is 72.9 cm³/mol. The van der Waals surface area contributed by atoms with E-state index < -0.39 is 10.2 Å². The lowest BCUT2D eigenvalue weighted by Crippen LogP contribution is -2.32. The molecule has 0 atom stereocenters. The normalized spacial score (nSPS) is 15.7. The summed E-state index contributed by atoms with van der Waals surface area (Å²) in [5, 5.41) is 3.68. The van der Waals surface area contributed by atoms with E-state index in [1.54, 1.807) is 0 Å². The van der Waals surface area contributed by atoms with Crippen molar-refractivity contribution in [3.63, 3.8) is 0 Å². The van der Waals surface area contributed by atoms with Crippen molar-refractivity contribution in [3.05, 3.63) is 10.6 Å². The molecule has 0 unspecified atom stereocenters. The van der Waals surface area contributed by atoms with Crippen LogP contribution in [0.2, 0.25) is 0 Å². The lowest BCUT2D eigenvalue weighted by molar-refractivity contribution is 0.565. The highest BCUT2D eigenvalue weighted by Crippen LogP contribution is 2.25. The monoisotopic (exact) mass is 290 g/mol. The predicted octanol–water partition coefficient (Wildman–Crippen LogP) is 0.691. The first-order valence-electron chi connectivity index (χ1n) is 5.93. The van der Waals surface area contributed by atoms with Gasteiger partial charge in [0.1, 0.15) is 0 Å². The fourth-order valence-corrected chi connectivity index (χ4v) is 3.82. The standard InChI is InChI=1S/C10H18N4O2S2/c1-7(2)5-12-18(15,16)14-10-13-8-3-4-11-6-9(8)17-10/h7,11-12H,3-6H2,1-2H3,(H,13,14). The minimum absolute atomic E-state index is 0.273. The lowest BCUT2D eigenvalue weighted by atomic mass is 10.2. The first kappa shape index (κ1) is 13.7. The van der Waals surface area contributed by atoms with E-state index in [0.29, 0.717) is 11.7 Å². The molecule has 8 heteroatoms. The Morgan fingerprint density at radius 2 is 2.28 bits per heavy atom. The zero-order valence-electron chi connectivity index (χ0n) is 10.5. The van der Waals surface area contributed by atoms with Gasteiger partial charge in [-0.05, 0) is 5.92 Å². The molecule has 0 aliphatic carbocycles. The highest BCUT2D eigenvalue weighted by molar-refractivity contribution is 7.91. The van der Waals surface area contributed by atoms with Gasteiger partial charge in [0.05, 0.1) is 5.69 Å². The van der Waals surface area contributed by atoms with Crippen LogP contribution in [0.4, 0.5) is 5.13 Å². The lowest BCUT2D eigenvalue weighted by Gasteiger charge is -2.09. The molecule has 0 aromatic carbocycles. The SMILES string of the molecule is CC(C)CNS(=O)(=O)Nc1nc2c(s1)CNCC2. The molecule has 1 aliphatic heterocycles. The first-order chi connectivity index (χ1) is 8.46. The van der Waals surface area contributed by atoms with Gasteiger partial charge in [0.2, 0.25) is 0 Å². The topological polar surface area (TPSA) is 83.1 Å². The smallest absolute Gasteiger partial charge is 0.300 e. The molecule has 3 N–H and O–H groups in total. The molecule has 2 rings (SSSR count). The molecule has 0 spiro atoms. The second kappa shape index (κ2) is 5.52. The second-order valence-corrected chi connectivity index (χ2v) is 7.25. The van der Waals surface area contributed by atoms with Crippen LogP contribution in [0.5, 0.6) is 0 Å². The molecule has 6 nitrogen and oxygen atoms in total. The number of aromatic nitrogens is 1. The molecule has 1 aliphatic rings. The molecule has 0 amide bonds. The van der Waals surface area contributed by atoms with Gasteiger partial charge in [-0.15, -0.1) is 0 Å². The molecule has 2 heterocycles. The molecule has 0 saturated carbocycles. The van der Waals surface area contributed by atoms with Crippen LogP contribution in [0.1, 0.15) is 24.4 Å². The van der Waals surface area contributed by atoms with Gasteiger partial charge in [0.25, 0.3) is 0 Å². The number of nitrogens with one attached hydrogen (secondary N) is 3. The second-order valence-electron chi connectivity index (χ2n) is 4.66. The summed E-state index contributed by atoms with van der Waals surface area (Å²) < 4.78 is 28.5. The molecule has 102 valence electrons. The van der Waals surface area contributed by atoms with Crippen LogP contribution in [0.25, 0.3) is 0 Å². The average molecular weight is 290 g/mol. The Balaban J connectivity index is 2.02. The van der Waals surface area contributed by atoms with Gasteiger partial charge in [-0.2, -0.15) is 13.1 Å². The van der Waals surface area contributed by atoms with Gasteiger partial charge in [0.15, 0.2) is 5.13 Å². The number of hydrogen-bond donors (Lipinski definition) is 3. The molecular formula is C10H18N4O2S2. The molecule has 1 aromatic rings. The number of hydrogen-bond acceptors (Lipinski definition) is 5. The third-order valence-corrected chi connectivity index (χ3v) is 4.66. The summed E-state index contributed by atoms with van der Waals surface area (Å²) in [7, 11) is -3.50. The van der Waals surface area contributed by atoms with Gasteiger partial charge >= 0.3 is 10.2 Å². The quantitative estimate of drug-likeness (QED) is 0.745. The Morgan fingerprint density at radius 1 is 1.50 bits per heavy atom. The van der Waals surface area contributed by atoms with Crippen molar-refractivity contribution in [1.82, 2.24) is 15.0 Å². The van der Waals surface area contributed by atoms with Crippen LogP contribution in [-0.4, -0.2) is 26.5 Å². The third kappa shape index (κ3) is 3.64. The van der Waals surface area contributed by atoms with Crippen LogP contribution in [0.15, 0.2) is 0 Å². The fourth-order valence-electron chi connectivity index (χ4n) is 1.60. The van der Waals surface area contributed by atoms with Crippen molar-refractivity contribution in [1.29, 1.82) is 0 Å². The van der Waals surface area contributed by atoms with Crippen molar-refractivity contribution < 1.29 is 8.42 Å². The highest BCUT2D eigenvalue weighted by atomic mass is 32.2. The Labute approximate surface area is 111 Å². The Morgan fingerprint density at radius 3 is 2.94 bits per heavy atom. The van der Waals surface area contributed by atoms with E-state index in [-0.39, 0.29) is 5.92 Å². The van der Waals surface area contributed by atoms with Crippen molar-refractivity contribution in [2.24, 2.45) is 5.92 Å². The van der Waals surface area contributed by atoms with E-state index >= 15 is 0 Å². The van der Waals surface area contributed by atoms with Crippen molar-refractivity contribution >= 4 is 26.7 Å². The number of anilines is 1. The summed E-state index contributed by atoms with van der Waals surface area (Å²) in [5.74, 6) is 0.273. The van der Waals surface area contributed by atoms with Crippen LogP contribution in [0.3, 0.4) is 0 Å². The van der Waals surface area contributed by atoms with Crippen LogP contribution in [-0.2, 0) is 23.2 Å². The van der Waals surface area contributed by atoms with E-state index in [4.69, 9.17) is 0 Å². The molecule has 0 fully saturated rings. The van der Waals surface area contributed by atoms with Crippen molar-refractivity contribution in [3.8, 4) is 0 Å². The summed E-state index contributed by atoms with van der Waals surface area (Å²) in [4.78, 5) is 5.43. The van der Waals surface area contributed by atoms with E-state index in [2.05, 4.69) is 19.7 Å². The zero-order chi connectivity index (χ0) is 13.2. The van der Waals surface area contributed by atoms with Crippen LogP contribution in [0, 0.1) is 5.92 Å². The van der Waals surface area contributed by atoms with Gasteiger partial charge in [-0.25, -0.2) is 9.71 Å². The van der Waals surface area contributed by atoms with E-state index in [0.717, 1.165) is 30.1 Å². The number of nitrogens with zero attached hydrogens (tertiary/aromatic N) is 1. The van der Waals surface area contributed by atoms with Crippen molar-refractivity contribution in [2.45, 2.75) is 26.8 Å². The average Bonchev–Trinajstić information content (AvgIpc) is 2.67. The third-order valence-electron chi connectivity index (χ3n) is 2.51. The van der Waals surface area contributed by atoms with Gasteiger partial charge in [-0.1, -0.05) is 25.2 Å². The largest absolute Gasteiger partial charge is 0.311 e. The van der Waals surface area contributed by atoms with Gasteiger partial charge in [-0.3, -0.25) is 0 Å². The van der Waals surface area contributed by atoms with Crippen LogP contribution < -0.4 is 14.8 Å². The first-order valence-corrected chi connectivity index (χ1v) is 8.23. The Kier molecular flexibility index (Phi) is 4.21. The summed E-state index contributed by atoms with van der Waals surface area (Å²) in [5.41, 5.74) is 1.00. The highest BCUT2D eigenvalue weighted by Gasteiger charge is 2.18. The molecular weight excluding hydrogens is 272 g/mol. The maximum Gasteiger partial charge on any atom is 0.300 e. The summed E-state index contributed by atoms with van der Waals surface area (Å²) in [6, 6.07) is 0. The van der Waals surface area contributed by atoms with Crippen molar-refractivity contribution in [2.75, 3.05) is 17.8 Å². The van der Waals surface area contributed by atoms with Gasteiger partial charge in [0, 0.05) is 30.9 Å². The fraction of sp³-hybridized carbons (Fsp3) is 0.700. The Bertz CT molecular complexity index is 486. The van der Waals surface area contributed by atoms with Gasteiger partial charge < -0.3 is 5.32 Å². The summed E-state index contributed by atoms with van der Waals surface area (Å²) in [6.07, 6.45) is 0.854. The molecule has 0 saturated heterocycles. The molecule has 18 heavy (non-hydrogen) atoms.